The molecule has 0 bridgehead atoms. The second-order valence-electron chi connectivity index (χ2n) is 17.0. The minimum Gasteiger partial charge on any atom is -0.374 e. The number of rotatable bonds is 26. The van der Waals surface area contributed by atoms with Gasteiger partial charge in [0, 0.05) is 7.11 Å². The van der Waals surface area contributed by atoms with E-state index < -0.39 is 61.4 Å². The maximum atomic E-state index is 7.03. The first-order valence-corrected chi connectivity index (χ1v) is 23.7. The Morgan fingerprint density at radius 2 is 0.681 bits per heavy atom. The summed E-state index contributed by atoms with van der Waals surface area (Å²) in [6.45, 7) is 6.18. The lowest BCUT2D eigenvalue weighted by Crippen LogP contribution is -2.64. The molecule has 0 saturated carbocycles. The minimum absolute atomic E-state index is 0.00727. The van der Waals surface area contributed by atoms with Gasteiger partial charge >= 0.3 is 0 Å². The number of methoxy groups -OCH3 is 1. The summed E-state index contributed by atoms with van der Waals surface area (Å²) < 4.78 is 74.1. The quantitative estimate of drug-likeness (QED) is 0.0486. The zero-order chi connectivity index (χ0) is 47.3. The van der Waals surface area contributed by atoms with Crippen LogP contribution >= 0.6 is 0 Å². The van der Waals surface area contributed by atoms with Crippen molar-refractivity contribution in [3.8, 4) is 0 Å². The topological polar surface area (TPSA) is 102 Å². The van der Waals surface area contributed by atoms with Crippen molar-refractivity contribution in [3.05, 3.63) is 228 Å². The number of benzene rings is 6. The Morgan fingerprint density at radius 3 is 1.07 bits per heavy atom. The Labute approximate surface area is 406 Å². The van der Waals surface area contributed by atoms with Gasteiger partial charge in [-0.1, -0.05) is 188 Å². The van der Waals surface area contributed by atoms with Crippen molar-refractivity contribution in [1.82, 2.24) is 0 Å². The van der Waals surface area contributed by atoms with Gasteiger partial charge in [0.25, 0.3) is 0 Å². The van der Waals surface area contributed by atoms with E-state index in [0.717, 1.165) is 33.4 Å². The molecule has 2 aliphatic heterocycles. The van der Waals surface area contributed by atoms with Crippen LogP contribution in [-0.4, -0.2) is 88.3 Å². The highest BCUT2D eigenvalue weighted by Gasteiger charge is 2.52. The van der Waals surface area contributed by atoms with Gasteiger partial charge in [0.1, 0.15) is 48.8 Å². The molecule has 362 valence electrons. The van der Waals surface area contributed by atoms with Gasteiger partial charge in [-0.05, 0) is 33.4 Å². The van der Waals surface area contributed by atoms with Crippen LogP contribution in [0.4, 0.5) is 0 Å². The van der Waals surface area contributed by atoms with Gasteiger partial charge in [0.05, 0.1) is 59.5 Å². The number of hydrogen-bond donors (Lipinski definition) is 0. The molecule has 11 nitrogen and oxygen atoms in total. The van der Waals surface area contributed by atoms with Crippen LogP contribution in [0.5, 0.6) is 0 Å². The summed E-state index contributed by atoms with van der Waals surface area (Å²) in [5, 5.41) is 0. The first-order valence-electron chi connectivity index (χ1n) is 23.7. The Morgan fingerprint density at radius 1 is 0.362 bits per heavy atom. The predicted molar refractivity (Wildman–Crippen MR) is 261 cm³/mol. The fourth-order valence-electron chi connectivity index (χ4n) is 8.55. The van der Waals surface area contributed by atoms with Gasteiger partial charge in [-0.3, -0.25) is 0 Å². The zero-order valence-electron chi connectivity index (χ0n) is 39.2. The molecule has 2 heterocycles. The summed E-state index contributed by atoms with van der Waals surface area (Å²) in [6.07, 6.45) is -5.66. The van der Waals surface area contributed by atoms with E-state index in [2.05, 4.69) is 6.58 Å². The third kappa shape index (κ3) is 14.8. The van der Waals surface area contributed by atoms with E-state index in [4.69, 9.17) is 52.1 Å². The van der Waals surface area contributed by atoms with Crippen LogP contribution in [0.3, 0.4) is 0 Å². The van der Waals surface area contributed by atoms with Crippen LogP contribution in [0.15, 0.2) is 195 Å². The molecule has 0 unspecified atom stereocenters. The molecule has 6 aromatic carbocycles. The third-order valence-corrected chi connectivity index (χ3v) is 12.1. The monoisotopic (exact) mass is 936 g/mol. The second-order valence-corrected chi connectivity index (χ2v) is 17.0. The molecular formula is C58H64O11. The first kappa shape index (κ1) is 50.0. The SMILES string of the molecule is C=CCO[C@H]1[C@H](OCc2ccccc2)[C@@H](OCc2ccccc2)[C@@H](OC)O[C@@H]1CO[C@H]1O[C@H](COCc2ccccc2)[C@@H](OCc2ccccc2)[C@H](OCc2ccccc2)[C@H]1OCc1ccccc1. The molecule has 0 aromatic heterocycles. The molecule has 69 heavy (non-hydrogen) atoms. The lowest BCUT2D eigenvalue weighted by Gasteiger charge is -2.48. The van der Waals surface area contributed by atoms with Crippen LogP contribution in [0.1, 0.15) is 33.4 Å². The third-order valence-electron chi connectivity index (χ3n) is 12.1. The summed E-state index contributed by atoms with van der Waals surface area (Å²) in [5.74, 6) is 0. The molecule has 8 rings (SSSR count). The number of ether oxygens (including phenoxy) is 11. The van der Waals surface area contributed by atoms with Crippen molar-refractivity contribution in [2.24, 2.45) is 0 Å². The second kappa shape index (κ2) is 27.1. The Hall–Kier alpha value is -5.38. The van der Waals surface area contributed by atoms with Gasteiger partial charge < -0.3 is 52.1 Å². The minimum atomic E-state index is -0.989. The molecule has 2 aliphatic rings. The summed E-state index contributed by atoms with van der Waals surface area (Å²) in [4.78, 5) is 0. The highest BCUT2D eigenvalue weighted by atomic mass is 16.7. The average molecular weight is 937 g/mol. The van der Waals surface area contributed by atoms with Crippen molar-refractivity contribution in [3.63, 3.8) is 0 Å². The maximum Gasteiger partial charge on any atom is 0.187 e. The summed E-state index contributed by atoms with van der Waals surface area (Å²) in [6, 6.07) is 60.1. The molecule has 2 saturated heterocycles. The van der Waals surface area contributed by atoms with Crippen molar-refractivity contribution in [2.45, 2.75) is 101 Å². The van der Waals surface area contributed by atoms with Crippen molar-refractivity contribution in [2.75, 3.05) is 26.9 Å². The van der Waals surface area contributed by atoms with Gasteiger partial charge in [-0.2, -0.15) is 0 Å². The van der Waals surface area contributed by atoms with Crippen LogP contribution in [-0.2, 0) is 91.7 Å². The molecule has 0 spiro atoms. The zero-order valence-corrected chi connectivity index (χ0v) is 39.2. The molecule has 11 heteroatoms. The molecule has 0 N–H and O–H groups in total. The van der Waals surface area contributed by atoms with Gasteiger partial charge in [0.15, 0.2) is 12.6 Å². The van der Waals surface area contributed by atoms with E-state index in [0.29, 0.717) is 26.4 Å². The predicted octanol–water partition coefficient (Wildman–Crippen LogP) is 9.81. The Bertz CT molecular complexity index is 2310. The van der Waals surface area contributed by atoms with Gasteiger partial charge in [-0.25, -0.2) is 0 Å². The van der Waals surface area contributed by atoms with Crippen molar-refractivity contribution < 1.29 is 52.1 Å². The summed E-state index contributed by atoms with van der Waals surface area (Å²) in [5.41, 5.74) is 6.00. The highest BCUT2D eigenvalue weighted by molar-refractivity contribution is 5.18. The highest BCUT2D eigenvalue weighted by Crippen LogP contribution is 2.35. The fraction of sp³-hybridized carbons (Fsp3) is 0.345. The van der Waals surface area contributed by atoms with Gasteiger partial charge in [-0.15, -0.1) is 6.58 Å². The summed E-state index contributed by atoms with van der Waals surface area (Å²) in [7, 11) is 1.60. The lowest BCUT2D eigenvalue weighted by atomic mass is 9.97. The first-order chi connectivity index (χ1) is 34.1. The van der Waals surface area contributed by atoms with E-state index in [1.807, 2.05) is 182 Å². The van der Waals surface area contributed by atoms with E-state index in [1.54, 1.807) is 13.2 Å². The van der Waals surface area contributed by atoms with E-state index >= 15 is 0 Å². The van der Waals surface area contributed by atoms with Crippen LogP contribution in [0.2, 0.25) is 0 Å². The molecular weight excluding hydrogens is 873 g/mol. The van der Waals surface area contributed by atoms with Crippen molar-refractivity contribution in [1.29, 1.82) is 0 Å². The molecule has 6 aromatic rings. The standard InChI is InChI=1S/C58H64O11/c1-3-34-61-51-50(68-57(59-2)55(65-39-47-30-18-8-19-31-47)53(51)63-37-45-26-14-6-15-27-45)42-67-58-56(66-40-48-32-20-9-21-33-48)54(64-38-46-28-16-7-17-29-46)52(62-36-44-24-12-5-13-25-44)49(69-58)41-60-35-43-22-10-4-11-23-43/h3-33,49-58H,1,34-42H2,2H3/t49-,50-,51-,52-,53+,54+,55-,56-,57+,58+/m1/s1. The van der Waals surface area contributed by atoms with Crippen molar-refractivity contribution >= 4 is 0 Å². The molecule has 10 atom stereocenters. The molecule has 2 fully saturated rings. The van der Waals surface area contributed by atoms with E-state index in [1.165, 1.54) is 0 Å². The van der Waals surface area contributed by atoms with Gasteiger partial charge in [0.2, 0.25) is 0 Å². The maximum absolute atomic E-state index is 7.03. The van der Waals surface area contributed by atoms with E-state index in [-0.39, 0.29) is 33.0 Å². The molecule has 0 amide bonds. The van der Waals surface area contributed by atoms with Crippen LogP contribution in [0, 0.1) is 0 Å². The smallest absolute Gasteiger partial charge is 0.187 e. The van der Waals surface area contributed by atoms with Crippen LogP contribution in [0.25, 0.3) is 0 Å². The fourth-order valence-corrected chi connectivity index (χ4v) is 8.55. The largest absolute Gasteiger partial charge is 0.374 e. The van der Waals surface area contributed by atoms with Crippen LogP contribution < -0.4 is 0 Å². The Kier molecular flexibility index (Phi) is 19.7. The van der Waals surface area contributed by atoms with E-state index in [9.17, 15) is 0 Å². The normalized spacial score (nSPS) is 24.7. The molecule has 0 radical (unpaired) electrons. The average Bonchev–Trinajstić information content (AvgIpc) is 3.41. The summed E-state index contributed by atoms with van der Waals surface area (Å²) >= 11 is 0. The number of hydrogen-bond acceptors (Lipinski definition) is 11. The Balaban J connectivity index is 1.11. The molecule has 0 aliphatic carbocycles. The lowest BCUT2D eigenvalue weighted by molar-refractivity contribution is -0.350.